The Kier molecular flexibility index (Phi) is 11.4. The first-order valence-electron chi connectivity index (χ1n) is 9.21. The molecule has 2 aromatic carbocycles. The number of methoxy groups -OCH3 is 1. The molecule has 6 nitrogen and oxygen atoms in total. The summed E-state index contributed by atoms with van der Waals surface area (Å²) in [6, 6.07) is 12.1. The van der Waals surface area contributed by atoms with Gasteiger partial charge in [0.15, 0.2) is 17.5 Å². The van der Waals surface area contributed by atoms with E-state index < -0.39 is 0 Å². The van der Waals surface area contributed by atoms with Crippen molar-refractivity contribution in [3.05, 3.63) is 59.4 Å². The lowest BCUT2D eigenvalue weighted by Crippen LogP contribution is -2.38. The van der Waals surface area contributed by atoms with Gasteiger partial charge in [0.2, 0.25) is 0 Å². The Balaban J connectivity index is 0.00000420. The summed E-state index contributed by atoms with van der Waals surface area (Å²) in [7, 11) is 3.52. The first-order chi connectivity index (χ1) is 13.6. The van der Waals surface area contributed by atoms with Gasteiger partial charge in [-0.25, -0.2) is 9.38 Å². The predicted octanol–water partition coefficient (Wildman–Crippen LogP) is 3.42. The number of aliphatic imine (C=N–C) groups is 1. The minimum atomic E-state index is -0.243. The van der Waals surface area contributed by atoms with Gasteiger partial charge in [0, 0.05) is 20.1 Å². The highest BCUT2D eigenvalue weighted by molar-refractivity contribution is 14.0. The van der Waals surface area contributed by atoms with Crippen LogP contribution in [0.3, 0.4) is 0 Å². The number of ether oxygens (including phenoxy) is 2. The molecule has 0 spiro atoms. The predicted molar refractivity (Wildman–Crippen MR) is 124 cm³/mol. The van der Waals surface area contributed by atoms with E-state index in [0.717, 1.165) is 23.6 Å². The van der Waals surface area contributed by atoms with E-state index in [4.69, 9.17) is 14.6 Å². The molecular weight excluding hydrogens is 488 g/mol. The SMILES string of the molecule is CCNC(=NCc1ccc(OCCO)c(OC)c1)N(C)Cc1ccc(F)cc1.I. The molecule has 0 saturated carbocycles. The minimum absolute atomic E-state index is 0. The Hall–Kier alpha value is -2.07. The molecule has 2 aromatic rings. The van der Waals surface area contributed by atoms with E-state index in [2.05, 4.69) is 10.3 Å². The largest absolute Gasteiger partial charge is 0.493 e. The van der Waals surface area contributed by atoms with Crippen molar-refractivity contribution in [2.75, 3.05) is 33.9 Å². The smallest absolute Gasteiger partial charge is 0.194 e. The van der Waals surface area contributed by atoms with Gasteiger partial charge in [-0.1, -0.05) is 18.2 Å². The summed E-state index contributed by atoms with van der Waals surface area (Å²) in [6.45, 7) is 3.99. The normalized spacial score (nSPS) is 10.9. The van der Waals surface area contributed by atoms with Crippen LogP contribution in [0.4, 0.5) is 4.39 Å². The Morgan fingerprint density at radius 3 is 2.45 bits per heavy atom. The van der Waals surface area contributed by atoms with Crippen molar-refractivity contribution in [1.29, 1.82) is 0 Å². The van der Waals surface area contributed by atoms with Crippen LogP contribution in [0.2, 0.25) is 0 Å². The maximum Gasteiger partial charge on any atom is 0.194 e. The van der Waals surface area contributed by atoms with E-state index in [1.54, 1.807) is 19.2 Å². The second-order valence-corrected chi connectivity index (χ2v) is 6.21. The molecule has 0 radical (unpaired) electrons. The van der Waals surface area contributed by atoms with Crippen LogP contribution in [-0.4, -0.2) is 49.9 Å². The fraction of sp³-hybridized carbons (Fsp3) is 0.381. The van der Waals surface area contributed by atoms with Gasteiger partial charge in [-0.2, -0.15) is 0 Å². The van der Waals surface area contributed by atoms with Gasteiger partial charge in [-0.05, 0) is 42.3 Å². The van der Waals surface area contributed by atoms with Crippen molar-refractivity contribution >= 4 is 29.9 Å². The molecule has 0 saturated heterocycles. The number of rotatable bonds is 9. The zero-order valence-electron chi connectivity index (χ0n) is 17.0. The molecule has 0 unspecified atom stereocenters. The number of guanidine groups is 1. The van der Waals surface area contributed by atoms with Gasteiger partial charge >= 0.3 is 0 Å². The zero-order chi connectivity index (χ0) is 20.4. The second-order valence-electron chi connectivity index (χ2n) is 6.21. The average Bonchev–Trinajstić information content (AvgIpc) is 2.71. The van der Waals surface area contributed by atoms with E-state index in [-0.39, 0.29) is 43.0 Å². The maximum absolute atomic E-state index is 13.1. The van der Waals surface area contributed by atoms with Crippen molar-refractivity contribution in [3.63, 3.8) is 0 Å². The topological polar surface area (TPSA) is 66.3 Å². The van der Waals surface area contributed by atoms with Crippen LogP contribution in [0.25, 0.3) is 0 Å². The van der Waals surface area contributed by atoms with E-state index in [0.29, 0.717) is 24.6 Å². The van der Waals surface area contributed by atoms with Crippen LogP contribution < -0.4 is 14.8 Å². The minimum Gasteiger partial charge on any atom is -0.493 e. The zero-order valence-corrected chi connectivity index (χ0v) is 19.4. The number of aliphatic hydroxyl groups excluding tert-OH is 1. The summed E-state index contributed by atoms with van der Waals surface area (Å²) in [5, 5.41) is 12.2. The fourth-order valence-electron chi connectivity index (χ4n) is 2.66. The van der Waals surface area contributed by atoms with E-state index in [1.807, 2.05) is 37.1 Å². The van der Waals surface area contributed by atoms with Crippen molar-refractivity contribution in [3.8, 4) is 11.5 Å². The summed E-state index contributed by atoms with van der Waals surface area (Å²) < 4.78 is 23.9. The molecule has 0 heterocycles. The molecule has 0 aliphatic heterocycles. The van der Waals surface area contributed by atoms with Crippen LogP contribution >= 0.6 is 24.0 Å². The van der Waals surface area contributed by atoms with Crippen LogP contribution in [0.5, 0.6) is 11.5 Å². The quantitative estimate of drug-likeness (QED) is 0.303. The monoisotopic (exact) mass is 517 g/mol. The fourth-order valence-corrected chi connectivity index (χ4v) is 2.66. The molecule has 0 fully saturated rings. The van der Waals surface area contributed by atoms with E-state index >= 15 is 0 Å². The van der Waals surface area contributed by atoms with Crippen molar-refractivity contribution in [2.24, 2.45) is 4.99 Å². The third kappa shape index (κ3) is 8.06. The van der Waals surface area contributed by atoms with Crippen LogP contribution in [0.15, 0.2) is 47.5 Å². The Morgan fingerprint density at radius 1 is 1.14 bits per heavy atom. The molecule has 0 aliphatic carbocycles. The van der Waals surface area contributed by atoms with E-state index in [9.17, 15) is 4.39 Å². The highest BCUT2D eigenvalue weighted by Gasteiger charge is 2.09. The van der Waals surface area contributed by atoms with Crippen LogP contribution in [-0.2, 0) is 13.1 Å². The number of hydrogen-bond acceptors (Lipinski definition) is 4. The van der Waals surface area contributed by atoms with Gasteiger partial charge in [-0.3, -0.25) is 0 Å². The number of nitrogens with zero attached hydrogens (tertiary/aromatic N) is 2. The lowest BCUT2D eigenvalue weighted by Gasteiger charge is -2.22. The van der Waals surface area contributed by atoms with Crippen LogP contribution in [0.1, 0.15) is 18.1 Å². The summed E-state index contributed by atoms with van der Waals surface area (Å²) in [5.41, 5.74) is 1.97. The van der Waals surface area contributed by atoms with Crippen molar-refractivity contribution in [2.45, 2.75) is 20.0 Å². The molecule has 0 aliphatic rings. The average molecular weight is 517 g/mol. The molecule has 0 aromatic heterocycles. The van der Waals surface area contributed by atoms with Gasteiger partial charge < -0.3 is 24.8 Å². The molecule has 0 atom stereocenters. The maximum atomic E-state index is 13.1. The number of hydrogen-bond donors (Lipinski definition) is 2. The summed E-state index contributed by atoms with van der Waals surface area (Å²) in [4.78, 5) is 6.68. The lowest BCUT2D eigenvalue weighted by molar-refractivity contribution is 0.196. The molecular formula is C21H29FIN3O3. The van der Waals surface area contributed by atoms with Gasteiger partial charge in [0.05, 0.1) is 20.3 Å². The standard InChI is InChI=1S/C21H28FN3O3.HI/c1-4-23-21(25(2)15-16-5-8-18(22)9-6-16)24-14-17-7-10-19(28-12-11-26)20(13-17)27-3;/h5-10,13,26H,4,11-12,14-15H2,1-3H3,(H,23,24);1H. The number of aliphatic hydroxyl groups is 1. The highest BCUT2D eigenvalue weighted by Crippen LogP contribution is 2.28. The number of nitrogens with one attached hydrogen (secondary N) is 1. The number of benzene rings is 2. The molecule has 2 rings (SSSR count). The van der Waals surface area contributed by atoms with Crippen LogP contribution in [0, 0.1) is 5.82 Å². The summed E-state index contributed by atoms with van der Waals surface area (Å²) >= 11 is 0. The van der Waals surface area contributed by atoms with E-state index in [1.165, 1.54) is 12.1 Å². The molecule has 0 bridgehead atoms. The van der Waals surface area contributed by atoms with Gasteiger partial charge in [-0.15, -0.1) is 24.0 Å². The first kappa shape index (κ1) is 25.0. The lowest BCUT2D eigenvalue weighted by atomic mass is 10.2. The molecule has 29 heavy (non-hydrogen) atoms. The molecule has 0 amide bonds. The Morgan fingerprint density at radius 2 is 1.83 bits per heavy atom. The molecule has 2 N–H and O–H groups in total. The van der Waals surface area contributed by atoms with Crippen molar-refractivity contribution in [1.82, 2.24) is 10.2 Å². The highest BCUT2D eigenvalue weighted by atomic mass is 127. The van der Waals surface area contributed by atoms with Gasteiger partial charge in [0.1, 0.15) is 12.4 Å². The molecule has 8 heteroatoms. The summed E-state index contributed by atoms with van der Waals surface area (Å²) in [5.74, 6) is 1.70. The second kappa shape index (κ2) is 13.2. The third-order valence-corrected chi connectivity index (χ3v) is 4.02. The van der Waals surface area contributed by atoms with Crippen molar-refractivity contribution < 1.29 is 19.0 Å². The number of halogens is 2. The Labute approximate surface area is 188 Å². The first-order valence-corrected chi connectivity index (χ1v) is 9.21. The summed E-state index contributed by atoms with van der Waals surface area (Å²) in [6.07, 6.45) is 0. The third-order valence-electron chi connectivity index (χ3n) is 4.02. The van der Waals surface area contributed by atoms with Gasteiger partial charge in [0.25, 0.3) is 0 Å². The molecule has 160 valence electrons. The Bertz CT molecular complexity index is 772.